The maximum atomic E-state index is 13.8. The molecule has 5 nitrogen and oxygen atoms in total. The van der Waals surface area contributed by atoms with Crippen LogP contribution in [0.2, 0.25) is 0 Å². The van der Waals surface area contributed by atoms with Gasteiger partial charge in [-0.2, -0.15) is 0 Å². The van der Waals surface area contributed by atoms with Crippen molar-refractivity contribution in [1.82, 2.24) is 10.2 Å². The summed E-state index contributed by atoms with van der Waals surface area (Å²) >= 11 is 0. The zero-order valence-electron chi connectivity index (χ0n) is 13.3. The number of rotatable bonds is 4. The van der Waals surface area contributed by atoms with Crippen LogP contribution < -0.4 is 10.1 Å². The van der Waals surface area contributed by atoms with E-state index in [4.69, 9.17) is 9.47 Å². The van der Waals surface area contributed by atoms with E-state index in [0.29, 0.717) is 25.3 Å². The third-order valence-electron chi connectivity index (χ3n) is 3.45. The van der Waals surface area contributed by atoms with E-state index in [1.807, 2.05) is 13.8 Å². The van der Waals surface area contributed by atoms with Gasteiger partial charge < -0.3 is 19.7 Å². The lowest BCUT2D eigenvalue weighted by Crippen LogP contribution is -2.51. The Morgan fingerprint density at radius 3 is 2.68 bits per heavy atom. The normalized spacial score (nSPS) is 21.5. The molecule has 122 valence electrons. The summed E-state index contributed by atoms with van der Waals surface area (Å²) in [5.41, 5.74) is 0.698. The fraction of sp³-hybridized carbons (Fsp3) is 0.562. The van der Waals surface area contributed by atoms with E-state index in [-0.39, 0.29) is 30.5 Å². The van der Waals surface area contributed by atoms with E-state index in [1.165, 1.54) is 6.07 Å². The lowest BCUT2D eigenvalue weighted by Gasteiger charge is -2.35. The highest BCUT2D eigenvalue weighted by molar-refractivity contribution is 5.74. The number of hydrogen-bond donors (Lipinski definition) is 1. The number of amides is 2. The third-order valence-corrected chi connectivity index (χ3v) is 3.45. The van der Waals surface area contributed by atoms with E-state index in [2.05, 4.69) is 5.32 Å². The van der Waals surface area contributed by atoms with Crippen LogP contribution in [0.5, 0.6) is 5.75 Å². The highest BCUT2D eigenvalue weighted by atomic mass is 19.1. The van der Waals surface area contributed by atoms with Crippen LogP contribution in [0.1, 0.15) is 26.3 Å². The first-order valence-corrected chi connectivity index (χ1v) is 7.59. The number of hydrogen-bond acceptors (Lipinski definition) is 3. The number of nitrogens with zero attached hydrogens (tertiary/aromatic N) is 1. The highest BCUT2D eigenvalue weighted by Crippen LogP contribution is 2.18. The molecule has 0 radical (unpaired) electrons. The molecule has 1 N–H and O–H groups in total. The summed E-state index contributed by atoms with van der Waals surface area (Å²) < 4.78 is 24.5. The molecule has 2 rings (SSSR count). The van der Waals surface area contributed by atoms with Gasteiger partial charge in [-0.25, -0.2) is 9.18 Å². The zero-order chi connectivity index (χ0) is 16.1. The van der Waals surface area contributed by atoms with E-state index in [9.17, 15) is 9.18 Å². The number of morpholine rings is 1. The smallest absolute Gasteiger partial charge is 0.317 e. The fourth-order valence-electron chi connectivity index (χ4n) is 2.56. The van der Waals surface area contributed by atoms with E-state index in [0.717, 1.165) is 0 Å². The molecule has 0 bridgehead atoms. The summed E-state index contributed by atoms with van der Waals surface area (Å²) in [6, 6.07) is 4.56. The summed E-state index contributed by atoms with van der Waals surface area (Å²) in [6.45, 7) is 7.51. The van der Waals surface area contributed by atoms with Crippen LogP contribution in [0.3, 0.4) is 0 Å². The molecule has 0 saturated carbocycles. The molecule has 0 aromatic heterocycles. The first kappa shape index (κ1) is 16.5. The minimum absolute atomic E-state index is 0.0254. The van der Waals surface area contributed by atoms with Gasteiger partial charge in [0.15, 0.2) is 11.6 Å². The summed E-state index contributed by atoms with van der Waals surface area (Å²) in [7, 11) is 0. The van der Waals surface area contributed by atoms with Crippen molar-refractivity contribution in [3.8, 4) is 5.75 Å². The fourth-order valence-corrected chi connectivity index (χ4v) is 2.56. The van der Waals surface area contributed by atoms with Crippen LogP contribution in [0.15, 0.2) is 18.2 Å². The lowest BCUT2D eigenvalue weighted by atomic mass is 10.2. The Hall–Kier alpha value is -1.82. The predicted molar refractivity (Wildman–Crippen MR) is 81.4 cm³/mol. The Bertz CT molecular complexity index is 514. The molecule has 0 spiro atoms. The van der Waals surface area contributed by atoms with Crippen LogP contribution in [-0.2, 0) is 11.3 Å². The Balaban J connectivity index is 1.89. The molecule has 1 aromatic carbocycles. The minimum atomic E-state index is -0.415. The van der Waals surface area contributed by atoms with Gasteiger partial charge in [-0.1, -0.05) is 6.07 Å². The highest BCUT2D eigenvalue weighted by Gasteiger charge is 2.25. The average molecular weight is 310 g/mol. The second kappa shape index (κ2) is 7.45. The number of benzene rings is 1. The van der Waals surface area contributed by atoms with Crippen molar-refractivity contribution in [3.63, 3.8) is 0 Å². The number of ether oxygens (including phenoxy) is 2. The first-order valence-electron chi connectivity index (χ1n) is 7.59. The SMILES string of the molecule is CCOc1ccc(CNC(=O)N2CC(C)OC(C)C2)cc1F. The monoisotopic (exact) mass is 310 g/mol. The van der Waals surface area contributed by atoms with Gasteiger partial charge in [0, 0.05) is 19.6 Å². The Morgan fingerprint density at radius 1 is 1.41 bits per heavy atom. The van der Waals surface area contributed by atoms with Gasteiger partial charge in [-0.15, -0.1) is 0 Å². The molecule has 6 heteroatoms. The number of urea groups is 1. The van der Waals surface area contributed by atoms with Gasteiger partial charge in [0.1, 0.15) is 0 Å². The molecule has 2 atom stereocenters. The van der Waals surface area contributed by atoms with Crippen molar-refractivity contribution >= 4 is 6.03 Å². The van der Waals surface area contributed by atoms with E-state index >= 15 is 0 Å². The average Bonchev–Trinajstić information content (AvgIpc) is 2.46. The third kappa shape index (κ3) is 4.34. The van der Waals surface area contributed by atoms with E-state index < -0.39 is 5.82 Å². The lowest BCUT2D eigenvalue weighted by molar-refractivity contribution is -0.0545. The van der Waals surface area contributed by atoms with Gasteiger partial charge in [0.25, 0.3) is 0 Å². The molecule has 2 amide bonds. The summed E-state index contributed by atoms with van der Waals surface area (Å²) in [5, 5.41) is 2.81. The largest absolute Gasteiger partial charge is 0.491 e. The molecule has 22 heavy (non-hydrogen) atoms. The topological polar surface area (TPSA) is 50.8 Å². The predicted octanol–water partition coefficient (Wildman–Crippen LogP) is 2.54. The molecule has 1 aliphatic rings. The second-order valence-electron chi connectivity index (χ2n) is 5.52. The van der Waals surface area contributed by atoms with Crippen molar-refractivity contribution in [1.29, 1.82) is 0 Å². The van der Waals surface area contributed by atoms with Crippen molar-refractivity contribution < 1.29 is 18.7 Å². The van der Waals surface area contributed by atoms with Gasteiger partial charge in [-0.05, 0) is 38.5 Å². The van der Waals surface area contributed by atoms with Crippen molar-refractivity contribution in [2.75, 3.05) is 19.7 Å². The molecule has 1 heterocycles. The van der Waals surface area contributed by atoms with Crippen LogP contribution >= 0.6 is 0 Å². The molecular formula is C16H23FN2O3. The Morgan fingerprint density at radius 2 is 2.09 bits per heavy atom. The molecule has 1 fully saturated rings. The second-order valence-corrected chi connectivity index (χ2v) is 5.52. The van der Waals surface area contributed by atoms with Crippen LogP contribution in [-0.4, -0.2) is 42.8 Å². The number of carbonyl (C=O) groups is 1. The molecule has 1 aliphatic heterocycles. The van der Waals surface area contributed by atoms with Crippen molar-refractivity contribution in [3.05, 3.63) is 29.6 Å². The van der Waals surface area contributed by atoms with Crippen molar-refractivity contribution in [2.45, 2.75) is 39.5 Å². The van der Waals surface area contributed by atoms with Crippen molar-refractivity contribution in [2.24, 2.45) is 0 Å². The number of carbonyl (C=O) groups excluding carboxylic acids is 1. The van der Waals surface area contributed by atoms with E-state index in [1.54, 1.807) is 24.0 Å². The minimum Gasteiger partial charge on any atom is -0.491 e. The maximum absolute atomic E-state index is 13.8. The van der Waals surface area contributed by atoms with Crippen LogP contribution in [0, 0.1) is 5.82 Å². The first-order chi connectivity index (χ1) is 10.5. The quantitative estimate of drug-likeness (QED) is 0.930. The van der Waals surface area contributed by atoms with Gasteiger partial charge in [0.2, 0.25) is 0 Å². The number of nitrogens with one attached hydrogen (secondary N) is 1. The molecule has 0 aliphatic carbocycles. The summed E-state index contributed by atoms with van der Waals surface area (Å²) in [4.78, 5) is 13.9. The molecular weight excluding hydrogens is 287 g/mol. The maximum Gasteiger partial charge on any atom is 0.317 e. The summed E-state index contributed by atoms with van der Waals surface area (Å²) in [5.74, 6) is -0.185. The number of halogens is 1. The Kier molecular flexibility index (Phi) is 5.60. The van der Waals surface area contributed by atoms with Gasteiger partial charge >= 0.3 is 6.03 Å². The van der Waals surface area contributed by atoms with Crippen LogP contribution in [0.25, 0.3) is 0 Å². The standard InChI is InChI=1S/C16H23FN2O3/c1-4-21-15-6-5-13(7-14(15)17)8-18-16(20)19-9-11(2)22-12(3)10-19/h5-7,11-12H,4,8-10H2,1-3H3,(H,18,20). The molecule has 1 saturated heterocycles. The zero-order valence-corrected chi connectivity index (χ0v) is 13.3. The summed E-state index contributed by atoms with van der Waals surface area (Å²) in [6.07, 6.45) is 0.0508. The molecule has 2 unspecified atom stereocenters. The molecule has 1 aromatic rings. The van der Waals surface area contributed by atoms with Crippen LogP contribution in [0.4, 0.5) is 9.18 Å². The Labute approximate surface area is 130 Å². The van der Waals surface area contributed by atoms with Gasteiger partial charge in [0.05, 0.1) is 18.8 Å². The van der Waals surface area contributed by atoms with Gasteiger partial charge in [-0.3, -0.25) is 0 Å².